The van der Waals surface area contributed by atoms with E-state index in [1.165, 1.54) is 0 Å². The molecule has 4 nitrogen and oxygen atoms in total. The largest absolute Gasteiger partial charge is 0.348 e. The Bertz CT molecular complexity index is 1000. The van der Waals surface area contributed by atoms with Gasteiger partial charge in [0.05, 0.1) is 5.52 Å². The number of pyridine rings is 1. The molecule has 0 aliphatic carbocycles. The Hall–Kier alpha value is -3.40. The molecule has 0 saturated heterocycles. The monoisotopic (exact) mass is 327 g/mol. The molecule has 2 aromatic heterocycles. The maximum absolute atomic E-state index is 12.3. The Balaban J connectivity index is 1.44. The van der Waals surface area contributed by atoms with E-state index in [1.807, 2.05) is 77.6 Å². The number of benzene rings is 2. The third-order valence-corrected chi connectivity index (χ3v) is 4.13. The van der Waals surface area contributed by atoms with Crippen molar-refractivity contribution >= 4 is 16.8 Å². The number of para-hydroxylation sites is 1. The summed E-state index contributed by atoms with van der Waals surface area (Å²) in [6, 6.07) is 21.5. The zero-order valence-electron chi connectivity index (χ0n) is 13.6. The van der Waals surface area contributed by atoms with Gasteiger partial charge in [-0.3, -0.25) is 9.78 Å². The molecule has 4 aromatic rings. The van der Waals surface area contributed by atoms with Crippen LogP contribution in [-0.2, 0) is 6.54 Å². The summed E-state index contributed by atoms with van der Waals surface area (Å²) in [4.78, 5) is 16.8. The number of amides is 1. The van der Waals surface area contributed by atoms with Gasteiger partial charge in [-0.05, 0) is 54.1 Å². The van der Waals surface area contributed by atoms with Crippen molar-refractivity contribution in [3.63, 3.8) is 0 Å². The standard InChI is InChI=1S/C21H17N3O/c25-21(17-7-9-19(10-8-17)24-11-3-4-12-24)23-15-16-13-18-5-1-2-6-20(18)22-14-16/h1-14H,15H2,(H,23,25). The summed E-state index contributed by atoms with van der Waals surface area (Å²) in [6.45, 7) is 0.454. The fourth-order valence-corrected chi connectivity index (χ4v) is 2.79. The fraction of sp³-hybridized carbons (Fsp3) is 0.0476. The Kier molecular flexibility index (Phi) is 4.01. The van der Waals surface area contributed by atoms with Gasteiger partial charge in [-0.25, -0.2) is 0 Å². The number of hydrogen-bond acceptors (Lipinski definition) is 2. The molecule has 0 saturated carbocycles. The van der Waals surface area contributed by atoms with Crippen molar-refractivity contribution in [1.29, 1.82) is 0 Å². The van der Waals surface area contributed by atoms with E-state index in [2.05, 4.69) is 16.4 Å². The van der Waals surface area contributed by atoms with Gasteiger partial charge in [0.1, 0.15) is 0 Å². The molecule has 2 aromatic carbocycles. The summed E-state index contributed by atoms with van der Waals surface area (Å²) in [5.74, 6) is -0.0905. The van der Waals surface area contributed by atoms with E-state index in [-0.39, 0.29) is 5.91 Å². The lowest BCUT2D eigenvalue weighted by Gasteiger charge is -2.08. The number of aromatic nitrogens is 2. The molecule has 0 aliphatic rings. The molecular formula is C21H17N3O. The first-order valence-corrected chi connectivity index (χ1v) is 8.15. The molecule has 0 atom stereocenters. The molecular weight excluding hydrogens is 310 g/mol. The Morgan fingerprint density at radius 3 is 2.52 bits per heavy atom. The number of hydrogen-bond donors (Lipinski definition) is 1. The van der Waals surface area contributed by atoms with Gasteiger partial charge in [0.2, 0.25) is 0 Å². The van der Waals surface area contributed by atoms with Crippen LogP contribution in [0.3, 0.4) is 0 Å². The highest BCUT2D eigenvalue weighted by Gasteiger charge is 2.06. The minimum atomic E-state index is -0.0905. The van der Waals surface area contributed by atoms with Crippen molar-refractivity contribution in [1.82, 2.24) is 14.9 Å². The molecule has 4 rings (SSSR count). The SMILES string of the molecule is O=C(NCc1cnc2ccccc2c1)c1ccc(-n2cccc2)cc1. The van der Waals surface area contributed by atoms with Crippen LogP contribution >= 0.6 is 0 Å². The molecule has 25 heavy (non-hydrogen) atoms. The van der Waals surface area contributed by atoms with Gasteiger partial charge in [0, 0.05) is 41.8 Å². The number of fused-ring (bicyclic) bond motifs is 1. The lowest BCUT2D eigenvalue weighted by atomic mass is 10.1. The molecule has 0 bridgehead atoms. The van der Waals surface area contributed by atoms with E-state index in [4.69, 9.17) is 0 Å². The van der Waals surface area contributed by atoms with Crippen molar-refractivity contribution in [2.45, 2.75) is 6.54 Å². The first-order valence-electron chi connectivity index (χ1n) is 8.15. The van der Waals surface area contributed by atoms with E-state index in [0.29, 0.717) is 12.1 Å². The summed E-state index contributed by atoms with van der Waals surface area (Å²) < 4.78 is 2.00. The highest BCUT2D eigenvalue weighted by molar-refractivity contribution is 5.94. The van der Waals surface area contributed by atoms with Crippen molar-refractivity contribution < 1.29 is 4.79 Å². The van der Waals surface area contributed by atoms with Crippen LogP contribution in [0.2, 0.25) is 0 Å². The van der Waals surface area contributed by atoms with Crippen LogP contribution in [-0.4, -0.2) is 15.5 Å². The summed E-state index contributed by atoms with van der Waals surface area (Å²) in [5, 5.41) is 4.02. The predicted octanol–water partition coefficient (Wildman–Crippen LogP) is 3.96. The lowest BCUT2D eigenvalue weighted by Crippen LogP contribution is -2.22. The molecule has 0 radical (unpaired) electrons. The average molecular weight is 327 g/mol. The molecule has 4 heteroatoms. The van der Waals surface area contributed by atoms with Crippen LogP contribution in [0.15, 0.2) is 85.3 Å². The topological polar surface area (TPSA) is 46.9 Å². The molecule has 0 fully saturated rings. The number of carbonyl (C=O) groups excluding carboxylic acids is 1. The van der Waals surface area contributed by atoms with Crippen LogP contribution in [0, 0.1) is 0 Å². The smallest absolute Gasteiger partial charge is 0.251 e. The van der Waals surface area contributed by atoms with Crippen LogP contribution in [0.5, 0.6) is 0 Å². The Morgan fingerprint density at radius 2 is 1.72 bits per heavy atom. The van der Waals surface area contributed by atoms with Crippen molar-refractivity contribution in [2.75, 3.05) is 0 Å². The third-order valence-electron chi connectivity index (χ3n) is 4.13. The van der Waals surface area contributed by atoms with E-state index < -0.39 is 0 Å². The van der Waals surface area contributed by atoms with Gasteiger partial charge in [0.25, 0.3) is 5.91 Å². The predicted molar refractivity (Wildman–Crippen MR) is 98.7 cm³/mol. The second kappa shape index (κ2) is 6.61. The van der Waals surface area contributed by atoms with Crippen LogP contribution in [0.25, 0.3) is 16.6 Å². The van der Waals surface area contributed by atoms with Crippen LogP contribution in [0.4, 0.5) is 0 Å². The minimum Gasteiger partial charge on any atom is -0.348 e. The molecule has 2 heterocycles. The van der Waals surface area contributed by atoms with Gasteiger partial charge in [-0.15, -0.1) is 0 Å². The molecule has 1 N–H and O–H groups in total. The van der Waals surface area contributed by atoms with Crippen molar-refractivity contribution in [2.24, 2.45) is 0 Å². The maximum atomic E-state index is 12.3. The lowest BCUT2D eigenvalue weighted by molar-refractivity contribution is 0.0951. The number of nitrogens with zero attached hydrogens (tertiary/aromatic N) is 2. The summed E-state index contributed by atoms with van der Waals surface area (Å²) in [7, 11) is 0. The second-order valence-corrected chi connectivity index (χ2v) is 5.86. The molecule has 122 valence electrons. The maximum Gasteiger partial charge on any atom is 0.251 e. The zero-order chi connectivity index (χ0) is 17.1. The van der Waals surface area contributed by atoms with E-state index >= 15 is 0 Å². The highest BCUT2D eigenvalue weighted by atomic mass is 16.1. The molecule has 0 unspecified atom stereocenters. The van der Waals surface area contributed by atoms with Gasteiger partial charge in [-0.1, -0.05) is 18.2 Å². The highest BCUT2D eigenvalue weighted by Crippen LogP contribution is 2.13. The van der Waals surface area contributed by atoms with Crippen molar-refractivity contribution in [3.05, 3.63) is 96.4 Å². The Morgan fingerprint density at radius 1 is 0.960 bits per heavy atom. The molecule has 1 amide bonds. The fourth-order valence-electron chi connectivity index (χ4n) is 2.79. The van der Waals surface area contributed by atoms with Gasteiger partial charge in [0.15, 0.2) is 0 Å². The van der Waals surface area contributed by atoms with E-state index in [0.717, 1.165) is 22.2 Å². The summed E-state index contributed by atoms with van der Waals surface area (Å²) in [6.07, 6.45) is 5.75. The third kappa shape index (κ3) is 3.28. The first kappa shape index (κ1) is 15.1. The van der Waals surface area contributed by atoms with Crippen LogP contribution in [0.1, 0.15) is 15.9 Å². The minimum absolute atomic E-state index is 0.0905. The van der Waals surface area contributed by atoms with Gasteiger partial charge < -0.3 is 9.88 Å². The number of nitrogens with one attached hydrogen (secondary N) is 1. The molecule has 0 spiro atoms. The van der Waals surface area contributed by atoms with E-state index in [1.54, 1.807) is 6.20 Å². The quantitative estimate of drug-likeness (QED) is 0.617. The molecule has 0 aliphatic heterocycles. The number of carbonyl (C=O) groups is 1. The number of rotatable bonds is 4. The van der Waals surface area contributed by atoms with Gasteiger partial charge >= 0.3 is 0 Å². The van der Waals surface area contributed by atoms with E-state index in [9.17, 15) is 4.79 Å². The first-order chi connectivity index (χ1) is 12.3. The van der Waals surface area contributed by atoms with Crippen molar-refractivity contribution in [3.8, 4) is 5.69 Å². The van der Waals surface area contributed by atoms with Gasteiger partial charge in [-0.2, -0.15) is 0 Å². The normalized spacial score (nSPS) is 10.7. The van der Waals surface area contributed by atoms with Crippen LogP contribution < -0.4 is 5.32 Å². The summed E-state index contributed by atoms with van der Waals surface area (Å²) in [5.41, 5.74) is 3.61. The Labute approximate surface area is 145 Å². The summed E-state index contributed by atoms with van der Waals surface area (Å²) >= 11 is 0. The average Bonchev–Trinajstić information content (AvgIpc) is 3.21. The zero-order valence-corrected chi connectivity index (χ0v) is 13.6. The second-order valence-electron chi connectivity index (χ2n) is 5.86.